The highest BCUT2D eigenvalue weighted by Crippen LogP contribution is 2.34. The van der Waals surface area contributed by atoms with Crippen LogP contribution in [0.1, 0.15) is 11.7 Å². The first-order chi connectivity index (χ1) is 9.83. The lowest BCUT2D eigenvalue weighted by atomic mass is 10.1. The number of alkyl halides is 4. The Kier molecular flexibility index (Phi) is 6.22. The summed E-state index contributed by atoms with van der Waals surface area (Å²) in [6, 6.07) is 4.68. The Bertz CT molecular complexity index is 432. The van der Waals surface area contributed by atoms with Gasteiger partial charge in [0, 0.05) is 0 Å². The molecule has 0 bridgehead atoms. The second-order valence-electron chi connectivity index (χ2n) is 4.17. The topological polar surface area (TPSA) is 47.9 Å². The van der Waals surface area contributed by atoms with Crippen LogP contribution in [0.4, 0.5) is 17.6 Å². The number of ether oxygens (including phenoxy) is 3. The summed E-state index contributed by atoms with van der Waals surface area (Å²) in [6.07, 6.45) is -5.18. The van der Waals surface area contributed by atoms with Crippen molar-refractivity contribution in [3.05, 3.63) is 23.8 Å². The number of aliphatic hydroxyl groups is 1. The van der Waals surface area contributed by atoms with Gasteiger partial charge in [-0.15, -0.1) is 0 Å². The number of rotatable bonds is 8. The highest BCUT2D eigenvalue weighted by atomic mass is 19.3. The summed E-state index contributed by atoms with van der Waals surface area (Å²) in [6.45, 7) is -2.09. The third-order valence-corrected chi connectivity index (χ3v) is 2.69. The van der Waals surface area contributed by atoms with Crippen LogP contribution in [0, 0.1) is 0 Å². The van der Waals surface area contributed by atoms with Gasteiger partial charge in [0.15, 0.2) is 0 Å². The molecule has 1 unspecified atom stereocenters. The Labute approximate surface area is 119 Å². The van der Waals surface area contributed by atoms with Crippen molar-refractivity contribution >= 4 is 0 Å². The smallest absolute Gasteiger partial charge is 0.330 e. The van der Waals surface area contributed by atoms with Gasteiger partial charge in [-0.2, -0.15) is 8.78 Å². The molecule has 0 aliphatic rings. The molecular formula is C13H16F4O4. The predicted octanol–water partition coefficient (Wildman–Crippen LogP) is 2.65. The summed E-state index contributed by atoms with van der Waals surface area (Å²) >= 11 is 0. The van der Waals surface area contributed by atoms with Crippen LogP contribution in [0.25, 0.3) is 0 Å². The first kappa shape index (κ1) is 17.5. The van der Waals surface area contributed by atoms with E-state index in [0.717, 1.165) is 0 Å². The molecule has 0 amide bonds. The molecule has 0 fully saturated rings. The van der Waals surface area contributed by atoms with Crippen molar-refractivity contribution in [2.24, 2.45) is 0 Å². The number of methoxy groups -OCH3 is 2. The second-order valence-corrected chi connectivity index (χ2v) is 4.17. The molecule has 1 atom stereocenters. The second kappa shape index (κ2) is 7.46. The lowest BCUT2D eigenvalue weighted by molar-refractivity contribution is -0.170. The molecule has 4 nitrogen and oxygen atoms in total. The van der Waals surface area contributed by atoms with Gasteiger partial charge < -0.3 is 19.3 Å². The van der Waals surface area contributed by atoms with E-state index in [1.165, 1.54) is 26.4 Å². The van der Waals surface area contributed by atoms with Gasteiger partial charge in [-0.05, 0) is 12.1 Å². The summed E-state index contributed by atoms with van der Waals surface area (Å²) in [5, 5.41) is 9.96. The van der Waals surface area contributed by atoms with E-state index in [0.29, 0.717) is 0 Å². The zero-order valence-corrected chi connectivity index (χ0v) is 11.5. The Morgan fingerprint density at radius 2 is 1.67 bits per heavy atom. The van der Waals surface area contributed by atoms with E-state index in [4.69, 9.17) is 9.47 Å². The number of hydrogen-bond acceptors (Lipinski definition) is 4. The van der Waals surface area contributed by atoms with Crippen LogP contribution in [0.3, 0.4) is 0 Å². The van der Waals surface area contributed by atoms with Crippen LogP contribution >= 0.6 is 0 Å². The van der Waals surface area contributed by atoms with E-state index in [1.807, 2.05) is 0 Å². The van der Waals surface area contributed by atoms with E-state index in [2.05, 4.69) is 4.74 Å². The minimum atomic E-state index is -4.26. The Hall–Kier alpha value is -1.54. The van der Waals surface area contributed by atoms with Gasteiger partial charge in [0.2, 0.25) is 0 Å². The summed E-state index contributed by atoms with van der Waals surface area (Å²) in [5.74, 6) is -3.72. The Morgan fingerprint density at radius 1 is 1.14 bits per heavy atom. The molecule has 0 heterocycles. The lowest BCUT2D eigenvalue weighted by Crippen LogP contribution is -2.33. The number of aliphatic hydroxyl groups excluding tert-OH is 1. The molecule has 21 heavy (non-hydrogen) atoms. The maximum absolute atomic E-state index is 12.7. The Balaban J connectivity index is 2.74. The molecule has 0 saturated carbocycles. The van der Waals surface area contributed by atoms with Crippen LogP contribution < -0.4 is 9.47 Å². The molecule has 1 aromatic rings. The largest absolute Gasteiger partial charge is 0.496 e. The van der Waals surface area contributed by atoms with Gasteiger partial charge in [-0.3, -0.25) is 0 Å². The van der Waals surface area contributed by atoms with E-state index in [-0.39, 0.29) is 17.1 Å². The first-order valence-corrected chi connectivity index (χ1v) is 5.96. The molecule has 0 aromatic heterocycles. The SMILES string of the molecule is COc1cccc(OC)c1C(O)COCC(F)(F)C(F)F. The average molecular weight is 312 g/mol. The van der Waals surface area contributed by atoms with Crippen molar-refractivity contribution in [2.75, 3.05) is 27.4 Å². The summed E-state index contributed by atoms with van der Waals surface area (Å²) in [7, 11) is 2.72. The van der Waals surface area contributed by atoms with E-state index < -0.39 is 31.7 Å². The minimum Gasteiger partial charge on any atom is -0.496 e. The zero-order valence-electron chi connectivity index (χ0n) is 11.5. The van der Waals surface area contributed by atoms with Gasteiger partial charge in [0.05, 0.1) is 26.4 Å². The van der Waals surface area contributed by atoms with E-state index in [1.54, 1.807) is 6.07 Å². The molecule has 8 heteroatoms. The number of benzene rings is 1. The monoisotopic (exact) mass is 312 g/mol. The summed E-state index contributed by atoms with van der Waals surface area (Å²) in [4.78, 5) is 0. The van der Waals surface area contributed by atoms with E-state index in [9.17, 15) is 22.7 Å². The van der Waals surface area contributed by atoms with Crippen molar-refractivity contribution in [1.29, 1.82) is 0 Å². The third kappa shape index (κ3) is 4.47. The molecule has 120 valence electrons. The van der Waals surface area contributed by atoms with Gasteiger partial charge in [0.25, 0.3) is 0 Å². The van der Waals surface area contributed by atoms with E-state index >= 15 is 0 Å². The first-order valence-electron chi connectivity index (χ1n) is 5.96. The molecule has 1 rings (SSSR count). The highest BCUT2D eigenvalue weighted by Gasteiger charge is 2.41. The maximum atomic E-state index is 12.7. The number of halogens is 4. The lowest BCUT2D eigenvalue weighted by Gasteiger charge is -2.20. The third-order valence-electron chi connectivity index (χ3n) is 2.69. The molecule has 0 spiro atoms. The normalized spacial score (nSPS) is 13.3. The molecule has 1 N–H and O–H groups in total. The minimum absolute atomic E-state index is 0.197. The van der Waals surface area contributed by atoms with Crippen molar-refractivity contribution < 1.29 is 36.9 Å². The molecular weight excluding hydrogens is 296 g/mol. The fraction of sp³-hybridized carbons (Fsp3) is 0.538. The predicted molar refractivity (Wildman–Crippen MR) is 66.3 cm³/mol. The molecule has 0 radical (unpaired) electrons. The van der Waals surface area contributed by atoms with Crippen molar-refractivity contribution in [3.8, 4) is 11.5 Å². The standard InChI is InChI=1S/C13H16F4O4/c1-19-9-4-3-5-10(20-2)11(9)8(18)6-21-7-13(16,17)12(14)15/h3-5,8,12,18H,6-7H2,1-2H3. The highest BCUT2D eigenvalue weighted by molar-refractivity contribution is 5.46. The van der Waals surface area contributed by atoms with Gasteiger partial charge >= 0.3 is 12.3 Å². The van der Waals surface area contributed by atoms with Crippen LogP contribution in [0.2, 0.25) is 0 Å². The maximum Gasteiger partial charge on any atom is 0.330 e. The molecule has 0 aliphatic heterocycles. The fourth-order valence-corrected chi connectivity index (χ4v) is 1.66. The van der Waals surface area contributed by atoms with Crippen LogP contribution in [0.5, 0.6) is 11.5 Å². The van der Waals surface area contributed by atoms with Crippen molar-refractivity contribution in [1.82, 2.24) is 0 Å². The zero-order chi connectivity index (χ0) is 16.0. The van der Waals surface area contributed by atoms with Gasteiger partial charge in [-0.1, -0.05) is 6.07 Å². The molecule has 1 aromatic carbocycles. The Morgan fingerprint density at radius 3 is 2.10 bits per heavy atom. The summed E-state index contributed by atoms with van der Waals surface area (Å²) in [5.41, 5.74) is 0.197. The van der Waals surface area contributed by atoms with Gasteiger partial charge in [0.1, 0.15) is 24.2 Å². The van der Waals surface area contributed by atoms with Crippen LogP contribution in [-0.2, 0) is 4.74 Å². The quantitative estimate of drug-likeness (QED) is 0.750. The molecule has 0 aliphatic carbocycles. The van der Waals surface area contributed by atoms with Crippen molar-refractivity contribution in [3.63, 3.8) is 0 Å². The number of hydrogen-bond donors (Lipinski definition) is 1. The fourth-order valence-electron chi connectivity index (χ4n) is 1.66. The van der Waals surface area contributed by atoms with Crippen LogP contribution in [0.15, 0.2) is 18.2 Å². The van der Waals surface area contributed by atoms with Crippen molar-refractivity contribution in [2.45, 2.75) is 18.5 Å². The van der Waals surface area contributed by atoms with Gasteiger partial charge in [-0.25, -0.2) is 8.78 Å². The van der Waals surface area contributed by atoms with Crippen LogP contribution in [-0.4, -0.2) is 44.9 Å². The average Bonchev–Trinajstić information content (AvgIpc) is 2.45. The summed E-state index contributed by atoms with van der Waals surface area (Å²) < 4.78 is 63.8. The molecule has 0 saturated heterocycles.